The van der Waals surface area contributed by atoms with Crippen LogP contribution in [0.3, 0.4) is 0 Å². The normalized spacial score (nSPS) is 20.3. The summed E-state index contributed by atoms with van der Waals surface area (Å²) in [6.45, 7) is 4.22. The van der Waals surface area contributed by atoms with Gasteiger partial charge in [0.2, 0.25) is 0 Å². The van der Waals surface area contributed by atoms with Gasteiger partial charge in [0.15, 0.2) is 5.78 Å². The molecule has 1 atom stereocenters. The Balaban J connectivity index is 2.13. The quantitative estimate of drug-likeness (QED) is 0.779. The van der Waals surface area contributed by atoms with Crippen molar-refractivity contribution >= 4 is 5.78 Å². The number of ether oxygens (including phenoxy) is 2. The van der Waals surface area contributed by atoms with Crippen LogP contribution in [0.25, 0.3) is 0 Å². The molecule has 5 heteroatoms. The van der Waals surface area contributed by atoms with Crippen molar-refractivity contribution in [1.82, 2.24) is 4.90 Å². The Labute approximate surface area is 112 Å². The number of ketones is 1. The monoisotopic (exact) mass is 267 g/mol. The second kappa shape index (κ2) is 6.12. The summed E-state index contributed by atoms with van der Waals surface area (Å²) in [5, 5.41) is 0. The highest BCUT2D eigenvalue weighted by atomic mass is 19.1. The van der Waals surface area contributed by atoms with Crippen molar-refractivity contribution < 1.29 is 18.7 Å². The third-order valence-corrected chi connectivity index (χ3v) is 3.31. The minimum atomic E-state index is -0.431. The van der Waals surface area contributed by atoms with Crippen molar-refractivity contribution in [3.05, 3.63) is 29.6 Å². The van der Waals surface area contributed by atoms with Gasteiger partial charge in [-0.25, -0.2) is 4.39 Å². The first-order valence-corrected chi connectivity index (χ1v) is 6.30. The van der Waals surface area contributed by atoms with Crippen LogP contribution in [0.2, 0.25) is 0 Å². The maximum Gasteiger partial charge on any atom is 0.180 e. The van der Waals surface area contributed by atoms with E-state index in [0.717, 1.165) is 0 Å². The zero-order chi connectivity index (χ0) is 13.8. The fourth-order valence-electron chi connectivity index (χ4n) is 2.16. The molecule has 0 bridgehead atoms. The number of methoxy groups -OCH3 is 1. The van der Waals surface area contributed by atoms with E-state index in [4.69, 9.17) is 9.47 Å². The van der Waals surface area contributed by atoms with Gasteiger partial charge in [-0.15, -0.1) is 0 Å². The van der Waals surface area contributed by atoms with Crippen LogP contribution in [-0.2, 0) is 4.74 Å². The van der Waals surface area contributed by atoms with Crippen molar-refractivity contribution in [3.8, 4) is 5.75 Å². The van der Waals surface area contributed by atoms with Crippen LogP contribution in [0, 0.1) is 5.82 Å². The number of hydrogen-bond donors (Lipinski definition) is 0. The van der Waals surface area contributed by atoms with E-state index >= 15 is 0 Å². The second-order valence-corrected chi connectivity index (χ2v) is 4.66. The first-order valence-electron chi connectivity index (χ1n) is 6.30. The number of morpholine rings is 1. The van der Waals surface area contributed by atoms with Crippen molar-refractivity contribution in [1.29, 1.82) is 0 Å². The molecule has 1 aromatic rings. The number of benzene rings is 1. The number of Topliss-reactive ketones (excluding diaryl/α,β-unsaturated/α-hetero) is 1. The van der Waals surface area contributed by atoms with Gasteiger partial charge in [-0.3, -0.25) is 9.69 Å². The van der Waals surface area contributed by atoms with Crippen molar-refractivity contribution in [3.63, 3.8) is 0 Å². The Morgan fingerprint density at radius 1 is 1.58 bits per heavy atom. The highest BCUT2D eigenvalue weighted by molar-refractivity contribution is 6.00. The SMILES string of the molecule is COc1ccc(F)cc1C(=O)CN1CCOCC1C. The van der Waals surface area contributed by atoms with Gasteiger partial charge in [0.1, 0.15) is 11.6 Å². The molecule has 1 heterocycles. The Bertz CT molecular complexity index is 464. The summed E-state index contributed by atoms with van der Waals surface area (Å²) in [4.78, 5) is 14.3. The highest BCUT2D eigenvalue weighted by Crippen LogP contribution is 2.20. The average molecular weight is 267 g/mol. The number of nitrogens with zero attached hydrogens (tertiary/aromatic N) is 1. The molecule has 1 fully saturated rings. The van der Waals surface area contributed by atoms with Crippen LogP contribution >= 0.6 is 0 Å². The van der Waals surface area contributed by atoms with E-state index in [-0.39, 0.29) is 18.4 Å². The topological polar surface area (TPSA) is 38.8 Å². The van der Waals surface area contributed by atoms with E-state index in [1.165, 1.54) is 25.3 Å². The second-order valence-electron chi connectivity index (χ2n) is 4.66. The van der Waals surface area contributed by atoms with Gasteiger partial charge in [0.05, 0.1) is 32.4 Å². The lowest BCUT2D eigenvalue weighted by molar-refractivity contribution is 0.00197. The van der Waals surface area contributed by atoms with Gasteiger partial charge in [-0.2, -0.15) is 0 Å². The molecular weight excluding hydrogens is 249 g/mol. The first kappa shape index (κ1) is 14.0. The summed E-state index contributed by atoms with van der Waals surface area (Å²) in [5.74, 6) is -0.156. The number of hydrogen-bond acceptors (Lipinski definition) is 4. The van der Waals surface area contributed by atoms with Crippen LogP contribution in [0.4, 0.5) is 4.39 Å². The molecule has 0 amide bonds. The van der Waals surface area contributed by atoms with Gasteiger partial charge in [0, 0.05) is 12.6 Å². The highest BCUT2D eigenvalue weighted by Gasteiger charge is 2.23. The number of rotatable bonds is 4. The van der Waals surface area contributed by atoms with Gasteiger partial charge >= 0.3 is 0 Å². The summed E-state index contributed by atoms with van der Waals surface area (Å²) < 4.78 is 23.7. The molecule has 4 nitrogen and oxygen atoms in total. The molecule has 1 aliphatic heterocycles. The van der Waals surface area contributed by atoms with E-state index in [9.17, 15) is 9.18 Å². The molecule has 0 radical (unpaired) electrons. The molecule has 0 saturated carbocycles. The Kier molecular flexibility index (Phi) is 4.50. The van der Waals surface area contributed by atoms with Gasteiger partial charge < -0.3 is 9.47 Å². The predicted molar refractivity (Wildman–Crippen MR) is 69.1 cm³/mol. The molecule has 1 aliphatic rings. The van der Waals surface area contributed by atoms with Crippen LogP contribution in [-0.4, -0.2) is 50.1 Å². The minimum Gasteiger partial charge on any atom is -0.496 e. The maximum atomic E-state index is 13.3. The van der Waals surface area contributed by atoms with Crippen LogP contribution in [0.1, 0.15) is 17.3 Å². The van der Waals surface area contributed by atoms with Crippen molar-refractivity contribution in [2.24, 2.45) is 0 Å². The van der Waals surface area contributed by atoms with E-state index < -0.39 is 5.82 Å². The molecule has 1 aromatic carbocycles. The standard InChI is InChI=1S/C14H18FNO3/c1-10-9-19-6-5-16(10)8-13(17)12-7-11(15)3-4-14(12)18-2/h3-4,7,10H,5-6,8-9H2,1-2H3. The van der Waals surface area contributed by atoms with Crippen molar-refractivity contribution in [2.45, 2.75) is 13.0 Å². The molecule has 0 N–H and O–H groups in total. The van der Waals surface area contributed by atoms with E-state index in [2.05, 4.69) is 0 Å². The van der Waals surface area contributed by atoms with Gasteiger partial charge in [-0.05, 0) is 25.1 Å². The molecule has 0 aliphatic carbocycles. The molecule has 1 unspecified atom stereocenters. The largest absolute Gasteiger partial charge is 0.496 e. The molecule has 0 spiro atoms. The van der Waals surface area contributed by atoms with E-state index in [0.29, 0.717) is 31.1 Å². The summed E-state index contributed by atoms with van der Waals surface area (Å²) in [7, 11) is 1.47. The maximum absolute atomic E-state index is 13.3. The summed E-state index contributed by atoms with van der Waals surface area (Å²) in [6.07, 6.45) is 0. The fourth-order valence-corrected chi connectivity index (χ4v) is 2.16. The fraction of sp³-hybridized carbons (Fsp3) is 0.500. The predicted octanol–water partition coefficient (Wildman–Crippen LogP) is 1.74. The molecule has 19 heavy (non-hydrogen) atoms. The molecule has 104 valence electrons. The number of carbonyl (C=O) groups excluding carboxylic acids is 1. The summed E-state index contributed by atoms with van der Waals surface area (Å²) >= 11 is 0. The molecule has 0 aromatic heterocycles. The Hall–Kier alpha value is -1.46. The van der Waals surface area contributed by atoms with E-state index in [1.54, 1.807) is 0 Å². The molecular formula is C14H18FNO3. The van der Waals surface area contributed by atoms with Crippen LogP contribution in [0.15, 0.2) is 18.2 Å². The zero-order valence-corrected chi connectivity index (χ0v) is 11.2. The van der Waals surface area contributed by atoms with Gasteiger partial charge in [0.25, 0.3) is 0 Å². The Morgan fingerprint density at radius 2 is 2.37 bits per heavy atom. The van der Waals surface area contributed by atoms with E-state index in [1.807, 2.05) is 11.8 Å². The minimum absolute atomic E-state index is 0.134. The number of halogens is 1. The number of carbonyl (C=O) groups is 1. The van der Waals surface area contributed by atoms with Gasteiger partial charge in [-0.1, -0.05) is 0 Å². The zero-order valence-electron chi connectivity index (χ0n) is 11.2. The molecule has 2 rings (SSSR count). The Morgan fingerprint density at radius 3 is 3.05 bits per heavy atom. The lowest BCUT2D eigenvalue weighted by atomic mass is 10.1. The summed E-state index contributed by atoms with van der Waals surface area (Å²) in [5.41, 5.74) is 0.293. The smallest absolute Gasteiger partial charge is 0.180 e. The lowest BCUT2D eigenvalue weighted by Crippen LogP contribution is -2.46. The molecule has 1 saturated heterocycles. The van der Waals surface area contributed by atoms with Crippen LogP contribution in [0.5, 0.6) is 5.75 Å². The van der Waals surface area contributed by atoms with Crippen molar-refractivity contribution in [2.75, 3.05) is 33.4 Å². The lowest BCUT2D eigenvalue weighted by Gasteiger charge is -2.32. The third kappa shape index (κ3) is 3.30. The average Bonchev–Trinajstić information content (AvgIpc) is 2.41. The first-order chi connectivity index (χ1) is 9.11. The summed E-state index contributed by atoms with van der Waals surface area (Å²) in [6, 6.07) is 4.18. The third-order valence-electron chi connectivity index (χ3n) is 3.31. The van der Waals surface area contributed by atoms with Crippen LogP contribution < -0.4 is 4.74 Å².